The molecule has 0 radical (unpaired) electrons. The van der Waals surface area contributed by atoms with Crippen LogP contribution in [-0.2, 0) is 12.8 Å². The number of aromatic nitrogens is 4. The Morgan fingerprint density at radius 2 is 2.08 bits per heavy atom. The fraction of sp³-hybridized carbons (Fsp3) is 0.350. The van der Waals surface area contributed by atoms with Crippen LogP contribution in [0.25, 0.3) is 17.0 Å². The molecule has 3 aromatic heterocycles. The first-order valence-corrected chi connectivity index (χ1v) is 8.75. The SMILES string of the molecule is CNc1ncc2c(n1)-c1c(nc3ccc(C#CC(C)(C)O)cn13)CCC2. The Balaban J connectivity index is 1.94. The zero-order valence-corrected chi connectivity index (χ0v) is 15.2. The molecule has 26 heavy (non-hydrogen) atoms. The number of anilines is 1. The van der Waals surface area contributed by atoms with E-state index >= 15 is 0 Å². The Bertz CT molecular complexity index is 1050. The molecular weight excluding hydrogens is 326 g/mol. The van der Waals surface area contributed by atoms with Gasteiger partial charge in [0.05, 0.1) is 17.1 Å². The molecular formula is C20H21N5O. The van der Waals surface area contributed by atoms with Crippen molar-refractivity contribution >= 4 is 11.6 Å². The molecule has 1 aliphatic rings. The van der Waals surface area contributed by atoms with Gasteiger partial charge in [-0.2, -0.15) is 0 Å². The molecule has 0 saturated carbocycles. The van der Waals surface area contributed by atoms with Crippen LogP contribution in [0.4, 0.5) is 5.95 Å². The molecule has 1 aliphatic carbocycles. The number of aliphatic hydroxyl groups is 1. The van der Waals surface area contributed by atoms with Crippen molar-refractivity contribution in [2.75, 3.05) is 12.4 Å². The standard InChI is InChI=1S/C20H21N5O/c1-20(2,26)10-9-13-7-8-16-23-15-6-4-5-14-11-22-19(21-3)24-17(14)18(15)25(16)12-13/h7-8,11-12,26H,4-6H2,1-3H3,(H,21,22,24). The quantitative estimate of drug-likeness (QED) is 0.661. The summed E-state index contributed by atoms with van der Waals surface area (Å²) < 4.78 is 2.06. The third-order valence-corrected chi connectivity index (χ3v) is 4.38. The van der Waals surface area contributed by atoms with Gasteiger partial charge in [0.15, 0.2) is 0 Å². The summed E-state index contributed by atoms with van der Waals surface area (Å²) in [6.07, 6.45) is 6.75. The van der Waals surface area contributed by atoms with Gasteiger partial charge in [0.25, 0.3) is 0 Å². The Hall–Kier alpha value is -2.91. The van der Waals surface area contributed by atoms with Gasteiger partial charge >= 0.3 is 0 Å². The van der Waals surface area contributed by atoms with E-state index in [2.05, 4.69) is 26.5 Å². The summed E-state index contributed by atoms with van der Waals surface area (Å²) in [5.41, 5.74) is 4.81. The topological polar surface area (TPSA) is 75.3 Å². The summed E-state index contributed by atoms with van der Waals surface area (Å²) >= 11 is 0. The Morgan fingerprint density at radius 3 is 2.85 bits per heavy atom. The minimum absolute atomic E-state index is 0.601. The van der Waals surface area contributed by atoms with Crippen LogP contribution in [0.5, 0.6) is 0 Å². The largest absolute Gasteiger partial charge is 0.378 e. The molecule has 3 aromatic rings. The van der Waals surface area contributed by atoms with Crippen LogP contribution in [0.3, 0.4) is 0 Å². The van der Waals surface area contributed by atoms with Crippen molar-refractivity contribution in [1.82, 2.24) is 19.4 Å². The number of pyridine rings is 1. The maximum atomic E-state index is 9.85. The summed E-state index contributed by atoms with van der Waals surface area (Å²) in [6, 6.07) is 3.89. The lowest BCUT2D eigenvalue weighted by Gasteiger charge is -2.09. The second-order valence-corrected chi connectivity index (χ2v) is 7.03. The average molecular weight is 347 g/mol. The molecule has 0 amide bonds. The van der Waals surface area contributed by atoms with Crippen LogP contribution in [0.1, 0.15) is 37.1 Å². The van der Waals surface area contributed by atoms with Crippen molar-refractivity contribution in [2.24, 2.45) is 0 Å². The number of imidazole rings is 1. The highest BCUT2D eigenvalue weighted by atomic mass is 16.3. The first kappa shape index (κ1) is 16.6. The zero-order valence-electron chi connectivity index (χ0n) is 15.2. The third kappa shape index (κ3) is 3.02. The summed E-state index contributed by atoms with van der Waals surface area (Å²) in [7, 11) is 1.82. The second kappa shape index (κ2) is 6.11. The van der Waals surface area contributed by atoms with E-state index in [4.69, 9.17) is 9.97 Å². The minimum atomic E-state index is -1.03. The normalized spacial score (nSPS) is 13.4. The van der Waals surface area contributed by atoms with E-state index in [1.807, 2.05) is 31.6 Å². The molecule has 0 spiro atoms. The number of hydrogen-bond donors (Lipinski definition) is 2. The van der Waals surface area contributed by atoms with E-state index in [0.29, 0.717) is 5.95 Å². The average Bonchev–Trinajstić information content (AvgIpc) is 2.87. The molecule has 3 heterocycles. The number of fused-ring (bicyclic) bond motifs is 5. The monoisotopic (exact) mass is 347 g/mol. The number of aryl methyl sites for hydroxylation is 2. The van der Waals surface area contributed by atoms with Gasteiger partial charge in [0.2, 0.25) is 5.95 Å². The smallest absolute Gasteiger partial charge is 0.223 e. The molecule has 0 saturated heterocycles. The molecule has 132 valence electrons. The predicted octanol–water partition coefficient (Wildman–Crippen LogP) is 2.44. The molecule has 0 aromatic carbocycles. The summed E-state index contributed by atoms with van der Waals surface area (Å²) in [4.78, 5) is 13.9. The highest BCUT2D eigenvalue weighted by molar-refractivity contribution is 5.69. The van der Waals surface area contributed by atoms with E-state index in [1.165, 1.54) is 0 Å². The maximum absolute atomic E-state index is 9.85. The lowest BCUT2D eigenvalue weighted by molar-refractivity contribution is 0.143. The molecule has 2 N–H and O–H groups in total. The Kier molecular flexibility index (Phi) is 3.89. The van der Waals surface area contributed by atoms with Crippen molar-refractivity contribution in [3.8, 4) is 23.2 Å². The van der Waals surface area contributed by atoms with Crippen molar-refractivity contribution in [3.63, 3.8) is 0 Å². The molecule has 0 fully saturated rings. The fourth-order valence-electron chi connectivity index (χ4n) is 3.18. The van der Waals surface area contributed by atoms with Gasteiger partial charge in [-0.1, -0.05) is 11.8 Å². The number of rotatable bonds is 1. The van der Waals surface area contributed by atoms with Gasteiger partial charge in [-0.15, -0.1) is 0 Å². The van der Waals surface area contributed by atoms with Crippen molar-refractivity contribution in [2.45, 2.75) is 38.7 Å². The Morgan fingerprint density at radius 1 is 1.23 bits per heavy atom. The van der Waals surface area contributed by atoms with Gasteiger partial charge in [-0.3, -0.25) is 4.40 Å². The van der Waals surface area contributed by atoms with Crippen LogP contribution in [0.2, 0.25) is 0 Å². The van der Waals surface area contributed by atoms with Gasteiger partial charge in [0, 0.05) is 25.0 Å². The van der Waals surface area contributed by atoms with Crippen LogP contribution in [-0.4, -0.2) is 37.1 Å². The van der Waals surface area contributed by atoms with Crippen molar-refractivity contribution in [3.05, 3.63) is 41.3 Å². The van der Waals surface area contributed by atoms with Crippen LogP contribution < -0.4 is 5.32 Å². The number of nitrogens with zero attached hydrogens (tertiary/aromatic N) is 4. The maximum Gasteiger partial charge on any atom is 0.223 e. The molecule has 0 atom stereocenters. The summed E-state index contributed by atoms with van der Waals surface area (Å²) in [5.74, 6) is 6.50. The first-order chi connectivity index (χ1) is 12.4. The van der Waals surface area contributed by atoms with Crippen LogP contribution in [0.15, 0.2) is 24.5 Å². The zero-order chi connectivity index (χ0) is 18.3. The Labute approximate surface area is 152 Å². The number of nitrogens with one attached hydrogen (secondary N) is 1. The van der Waals surface area contributed by atoms with Crippen LogP contribution >= 0.6 is 0 Å². The van der Waals surface area contributed by atoms with Crippen molar-refractivity contribution in [1.29, 1.82) is 0 Å². The second-order valence-electron chi connectivity index (χ2n) is 7.03. The lowest BCUT2D eigenvalue weighted by Crippen LogP contribution is -2.14. The molecule has 6 nitrogen and oxygen atoms in total. The van der Waals surface area contributed by atoms with Gasteiger partial charge in [-0.25, -0.2) is 15.0 Å². The molecule has 0 aliphatic heterocycles. The summed E-state index contributed by atoms with van der Waals surface area (Å²) in [5, 5.41) is 12.9. The fourth-order valence-corrected chi connectivity index (χ4v) is 3.18. The van der Waals surface area contributed by atoms with Gasteiger partial charge in [0.1, 0.15) is 11.2 Å². The van der Waals surface area contributed by atoms with E-state index in [-0.39, 0.29) is 0 Å². The number of hydrogen-bond acceptors (Lipinski definition) is 5. The minimum Gasteiger partial charge on any atom is -0.378 e. The molecule has 4 rings (SSSR count). The summed E-state index contributed by atoms with van der Waals surface area (Å²) in [6.45, 7) is 3.35. The van der Waals surface area contributed by atoms with E-state index in [0.717, 1.165) is 53.1 Å². The highest BCUT2D eigenvalue weighted by Gasteiger charge is 2.22. The molecule has 6 heteroatoms. The van der Waals surface area contributed by atoms with Gasteiger partial charge < -0.3 is 10.4 Å². The van der Waals surface area contributed by atoms with Crippen molar-refractivity contribution < 1.29 is 5.11 Å². The molecule has 0 unspecified atom stereocenters. The van der Waals surface area contributed by atoms with Crippen LogP contribution in [0, 0.1) is 11.8 Å². The molecule has 0 bridgehead atoms. The van der Waals surface area contributed by atoms with Gasteiger partial charge in [-0.05, 0) is 50.8 Å². The van der Waals surface area contributed by atoms with E-state index < -0.39 is 5.60 Å². The van der Waals surface area contributed by atoms with E-state index in [9.17, 15) is 5.11 Å². The lowest BCUT2D eigenvalue weighted by atomic mass is 10.1. The first-order valence-electron chi connectivity index (χ1n) is 8.75. The predicted molar refractivity (Wildman–Crippen MR) is 101 cm³/mol. The third-order valence-electron chi connectivity index (χ3n) is 4.38. The highest BCUT2D eigenvalue weighted by Crippen LogP contribution is 2.32. The van der Waals surface area contributed by atoms with E-state index in [1.54, 1.807) is 13.8 Å².